The maximum atomic E-state index is 13.9. The zero-order chi connectivity index (χ0) is 28.7. The number of anilines is 1. The van der Waals surface area contributed by atoms with Crippen molar-refractivity contribution in [1.29, 1.82) is 0 Å². The predicted octanol–water partition coefficient (Wildman–Crippen LogP) is 5.40. The molecule has 1 N–H and O–H groups in total. The summed E-state index contributed by atoms with van der Waals surface area (Å²) in [6.45, 7) is 9.55. The van der Waals surface area contributed by atoms with E-state index in [9.17, 15) is 18.0 Å². The summed E-state index contributed by atoms with van der Waals surface area (Å²) in [6, 6.07) is 17.9. The third-order valence-corrected chi connectivity index (χ3v) is 8.69. The Bertz CT molecular complexity index is 1410. The molecule has 3 aromatic rings. The molecule has 7 nitrogen and oxygen atoms in total. The Labute approximate surface area is 236 Å². The first-order chi connectivity index (χ1) is 18.4. The van der Waals surface area contributed by atoms with Gasteiger partial charge in [-0.1, -0.05) is 54.4 Å². The molecule has 0 saturated carbocycles. The quantitative estimate of drug-likeness (QED) is 0.335. The fourth-order valence-corrected chi connectivity index (χ4v) is 5.54. The smallest absolute Gasteiger partial charge is 0.264 e. The van der Waals surface area contributed by atoms with E-state index < -0.39 is 28.5 Å². The first-order valence-electron chi connectivity index (χ1n) is 12.9. The summed E-state index contributed by atoms with van der Waals surface area (Å²) in [5, 5.41) is 3.25. The second-order valence-electron chi connectivity index (χ2n) is 9.71. The second kappa shape index (κ2) is 13.1. The zero-order valence-corrected chi connectivity index (χ0v) is 24.6. The first kappa shape index (κ1) is 30.2. The monoisotopic (exact) mass is 569 g/mol. The van der Waals surface area contributed by atoms with E-state index in [1.807, 2.05) is 58.0 Å². The van der Waals surface area contributed by atoms with Gasteiger partial charge in [0.05, 0.1) is 10.6 Å². The number of hydrogen-bond donors (Lipinski definition) is 1. The van der Waals surface area contributed by atoms with E-state index in [0.29, 0.717) is 17.3 Å². The molecule has 0 bridgehead atoms. The Morgan fingerprint density at radius 2 is 1.56 bits per heavy atom. The summed E-state index contributed by atoms with van der Waals surface area (Å²) in [7, 11) is -4.14. The minimum atomic E-state index is -4.14. The van der Waals surface area contributed by atoms with E-state index in [4.69, 9.17) is 11.6 Å². The fraction of sp³-hybridized carbons (Fsp3) is 0.333. The van der Waals surface area contributed by atoms with Gasteiger partial charge in [0.25, 0.3) is 10.0 Å². The predicted molar refractivity (Wildman–Crippen MR) is 156 cm³/mol. The summed E-state index contributed by atoms with van der Waals surface area (Å²) in [4.78, 5) is 28.3. The molecular formula is C30H36ClN3O4S. The van der Waals surface area contributed by atoms with E-state index in [0.717, 1.165) is 33.0 Å². The van der Waals surface area contributed by atoms with Crippen LogP contribution in [0.25, 0.3) is 0 Å². The average Bonchev–Trinajstić information content (AvgIpc) is 2.91. The summed E-state index contributed by atoms with van der Waals surface area (Å²) in [5.41, 5.74) is 4.15. The number of aryl methyl sites for hydroxylation is 3. The van der Waals surface area contributed by atoms with Gasteiger partial charge < -0.3 is 10.2 Å². The summed E-state index contributed by atoms with van der Waals surface area (Å²) in [6.07, 6.45) is 0.754. The lowest BCUT2D eigenvalue weighted by Gasteiger charge is -2.32. The molecule has 0 saturated heterocycles. The molecule has 0 aliphatic rings. The van der Waals surface area contributed by atoms with Gasteiger partial charge in [-0.3, -0.25) is 13.9 Å². The van der Waals surface area contributed by atoms with Crippen LogP contribution < -0.4 is 9.62 Å². The van der Waals surface area contributed by atoms with Crippen LogP contribution >= 0.6 is 11.6 Å². The molecule has 39 heavy (non-hydrogen) atoms. The number of sulfonamides is 1. The number of hydrogen-bond acceptors (Lipinski definition) is 4. The topological polar surface area (TPSA) is 86.8 Å². The van der Waals surface area contributed by atoms with Crippen molar-refractivity contribution in [2.45, 2.75) is 58.5 Å². The largest absolute Gasteiger partial charge is 0.354 e. The number of benzene rings is 3. The van der Waals surface area contributed by atoms with Gasteiger partial charge in [-0.05, 0) is 87.2 Å². The normalized spacial score (nSPS) is 12.1. The highest BCUT2D eigenvalue weighted by molar-refractivity contribution is 7.92. The second-order valence-corrected chi connectivity index (χ2v) is 12.0. The number of amides is 2. The van der Waals surface area contributed by atoms with Crippen LogP contribution in [0.15, 0.2) is 71.6 Å². The van der Waals surface area contributed by atoms with Gasteiger partial charge >= 0.3 is 0 Å². The molecule has 0 aliphatic heterocycles. The van der Waals surface area contributed by atoms with Crippen LogP contribution in [0.5, 0.6) is 0 Å². The minimum Gasteiger partial charge on any atom is -0.354 e. The SMILES string of the molecule is CCCNC(=O)C(C)N(Cc1ccc(C)cc1)C(=O)CN(c1ccc(C)c(C)c1)S(=O)(=O)c1ccc(Cl)cc1. The van der Waals surface area contributed by atoms with E-state index >= 15 is 0 Å². The lowest BCUT2D eigenvalue weighted by molar-refractivity contribution is -0.139. The minimum absolute atomic E-state index is 0.0109. The maximum Gasteiger partial charge on any atom is 0.264 e. The molecule has 1 atom stereocenters. The Kier molecular flexibility index (Phi) is 10.2. The number of rotatable bonds is 11. The summed E-state index contributed by atoms with van der Waals surface area (Å²) < 4.78 is 28.8. The van der Waals surface area contributed by atoms with Crippen LogP contribution in [0, 0.1) is 20.8 Å². The average molecular weight is 570 g/mol. The Morgan fingerprint density at radius 3 is 2.15 bits per heavy atom. The molecule has 2 amide bonds. The number of nitrogens with one attached hydrogen (secondary N) is 1. The van der Waals surface area contributed by atoms with Crippen molar-refractivity contribution < 1.29 is 18.0 Å². The summed E-state index contributed by atoms with van der Waals surface area (Å²) in [5.74, 6) is -0.791. The Balaban J connectivity index is 2.04. The number of carbonyl (C=O) groups excluding carboxylic acids is 2. The summed E-state index contributed by atoms with van der Waals surface area (Å²) >= 11 is 6.00. The number of halogens is 1. The molecule has 0 spiro atoms. The van der Waals surface area contributed by atoms with Crippen molar-refractivity contribution in [3.63, 3.8) is 0 Å². The van der Waals surface area contributed by atoms with E-state index in [2.05, 4.69) is 5.32 Å². The molecule has 0 fully saturated rings. The van der Waals surface area contributed by atoms with Crippen LogP contribution in [0.1, 0.15) is 42.5 Å². The maximum absolute atomic E-state index is 13.9. The first-order valence-corrected chi connectivity index (χ1v) is 14.7. The van der Waals surface area contributed by atoms with Gasteiger partial charge in [0.2, 0.25) is 11.8 Å². The lowest BCUT2D eigenvalue weighted by atomic mass is 10.1. The van der Waals surface area contributed by atoms with Crippen molar-refractivity contribution in [1.82, 2.24) is 10.2 Å². The van der Waals surface area contributed by atoms with E-state index in [-0.39, 0.29) is 17.3 Å². The standard InChI is InChI=1S/C30H36ClN3O4S/c1-6-17-32-30(36)24(5)33(19-25-10-7-21(2)8-11-25)29(35)20-34(27-14-9-22(3)23(4)18-27)39(37,38)28-15-12-26(31)13-16-28/h7-16,18,24H,6,17,19-20H2,1-5H3,(H,32,36). The Hall–Kier alpha value is -3.36. The zero-order valence-electron chi connectivity index (χ0n) is 23.1. The van der Waals surface area contributed by atoms with Gasteiger partial charge in [-0.2, -0.15) is 0 Å². The van der Waals surface area contributed by atoms with Gasteiger partial charge in [0.15, 0.2) is 0 Å². The fourth-order valence-electron chi connectivity index (χ4n) is 4.01. The van der Waals surface area contributed by atoms with Gasteiger partial charge in [-0.15, -0.1) is 0 Å². The van der Waals surface area contributed by atoms with Gasteiger partial charge in [0.1, 0.15) is 12.6 Å². The van der Waals surface area contributed by atoms with Crippen LogP contribution in [-0.2, 0) is 26.2 Å². The van der Waals surface area contributed by atoms with Crippen molar-refractivity contribution in [2.24, 2.45) is 0 Å². The lowest BCUT2D eigenvalue weighted by Crippen LogP contribution is -2.51. The van der Waals surface area contributed by atoms with Crippen molar-refractivity contribution in [3.05, 3.63) is 94.0 Å². The van der Waals surface area contributed by atoms with E-state index in [1.54, 1.807) is 19.1 Å². The third kappa shape index (κ3) is 7.61. The highest BCUT2D eigenvalue weighted by Crippen LogP contribution is 2.27. The molecule has 1 unspecified atom stereocenters. The third-order valence-electron chi connectivity index (χ3n) is 6.65. The molecule has 0 aliphatic carbocycles. The van der Waals surface area contributed by atoms with Crippen LogP contribution in [0.2, 0.25) is 5.02 Å². The van der Waals surface area contributed by atoms with Gasteiger partial charge in [0, 0.05) is 18.1 Å². The van der Waals surface area contributed by atoms with Crippen LogP contribution in [0.3, 0.4) is 0 Å². The van der Waals surface area contributed by atoms with Crippen LogP contribution in [-0.4, -0.2) is 44.3 Å². The molecule has 9 heteroatoms. The van der Waals surface area contributed by atoms with Gasteiger partial charge in [-0.25, -0.2) is 8.42 Å². The molecule has 3 rings (SSSR count). The molecule has 0 heterocycles. The van der Waals surface area contributed by atoms with E-state index in [1.165, 1.54) is 29.2 Å². The highest BCUT2D eigenvalue weighted by atomic mass is 35.5. The van der Waals surface area contributed by atoms with Crippen molar-refractivity contribution in [3.8, 4) is 0 Å². The number of carbonyl (C=O) groups is 2. The molecular weight excluding hydrogens is 534 g/mol. The number of nitrogens with zero attached hydrogens (tertiary/aromatic N) is 2. The van der Waals surface area contributed by atoms with Crippen molar-refractivity contribution >= 4 is 39.1 Å². The Morgan fingerprint density at radius 1 is 0.923 bits per heavy atom. The molecule has 0 aromatic heterocycles. The van der Waals surface area contributed by atoms with Crippen LogP contribution in [0.4, 0.5) is 5.69 Å². The highest BCUT2D eigenvalue weighted by Gasteiger charge is 2.32. The van der Waals surface area contributed by atoms with Crippen molar-refractivity contribution in [2.75, 3.05) is 17.4 Å². The molecule has 3 aromatic carbocycles. The molecule has 208 valence electrons. The molecule has 0 radical (unpaired) electrons.